The number of nitrogens with one attached hydrogen (secondary N) is 1. The number of carbonyl (C=O) groups excluding carboxylic acids is 1. The number of hydrogen-bond acceptors (Lipinski definition) is 3. The molecule has 0 aromatic heterocycles. The van der Waals surface area contributed by atoms with Gasteiger partial charge in [-0.15, -0.1) is 0 Å². The number of hydrogen-bond donors (Lipinski definition) is 2. The third-order valence-corrected chi connectivity index (χ3v) is 4.66. The summed E-state index contributed by atoms with van der Waals surface area (Å²) >= 11 is 0. The second-order valence-corrected chi connectivity index (χ2v) is 6.53. The van der Waals surface area contributed by atoms with E-state index in [0.717, 1.165) is 18.9 Å². The zero-order chi connectivity index (χ0) is 15.1. The number of urea groups is 1. The summed E-state index contributed by atoms with van der Waals surface area (Å²) in [6, 6.07) is -0.00631. The number of ether oxygens (including phenoxy) is 1. The van der Waals surface area contributed by atoms with Gasteiger partial charge in [-0.25, -0.2) is 4.79 Å². The van der Waals surface area contributed by atoms with Gasteiger partial charge in [-0.1, -0.05) is 32.1 Å². The molecule has 1 heterocycles. The first kappa shape index (κ1) is 16.6. The van der Waals surface area contributed by atoms with Crippen molar-refractivity contribution in [3.05, 3.63) is 0 Å². The molecule has 0 radical (unpaired) electrons. The number of morpholine rings is 1. The van der Waals surface area contributed by atoms with Crippen molar-refractivity contribution >= 4 is 6.03 Å². The summed E-state index contributed by atoms with van der Waals surface area (Å²) in [7, 11) is 0. The van der Waals surface area contributed by atoms with Gasteiger partial charge in [0.2, 0.25) is 0 Å². The Labute approximate surface area is 128 Å². The Balaban J connectivity index is 1.72. The fourth-order valence-electron chi connectivity index (χ4n) is 3.47. The van der Waals surface area contributed by atoms with Gasteiger partial charge in [0.1, 0.15) is 0 Å². The lowest BCUT2D eigenvalue weighted by Gasteiger charge is -2.36. The first-order chi connectivity index (χ1) is 10.2. The molecule has 0 spiro atoms. The maximum absolute atomic E-state index is 12.3. The van der Waals surface area contributed by atoms with Gasteiger partial charge in [-0.3, -0.25) is 0 Å². The molecule has 2 fully saturated rings. The highest BCUT2D eigenvalue weighted by molar-refractivity contribution is 5.74. The summed E-state index contributed by atoms with van der Waals surface area (Å²) in [6.07, 6.45) is 7.96. The number of aliphatic hydroxyl groups is 1. The van der Waals surface area contributed by atoms with E-state index in [4.69, 9.17) is 4.74 Å². The van der Waals surface area contributed by atoms with Crippen LogP contribution < -0.4 is 5.32 Å². The van der Waals surface area contributed by atoms with E-state index in [9.17, 15) is 9.90 Å². The second kappa shape index (κ2) is 8.59. The van der Waals surface area contributed by atoms with E-state index in [1.54, 1.807) is 6.92 Å². The van der Waals surface area contributed by atoms with Crippen molar-refractivity contribution in [2.24, 2.45) is 5.92 Å². The molecule has 5 heteroatoms. The van der Waals surface area contributed by atoms with Crippen molar-refractivity contribution in [1.29, 1.82) is 0 Å². The van der Waals surface area contributed by atoms with Gasteiger partial charge >= 0.3 is 6.03 Å². The number of amides is 2. The van der Waals surface area contributed by atoms with Gasteiger partial charge in [0.05, 0.1) is 25.4 Å². The molecule has 1 aliphatic carbocycles. The Hall–Kier alpha value is -0.810. The molecule has 0 aromatic carbocycles. The fraction of sp³-hybridized carbons (Fsp3) is 0.938. The molecule has 1 saturated carbocycles. The van der Waals surface area contributed by atoms with E-state index in [1.807, 2.05) is 4.90 Å². The van der Waals surface area contributed by atoms with Crippen molar-refractivity contribution < 1.29 is 14.6 Å². The monoisotopic (exact) mass is 298 g/mol. The smallest absolute Gasteiger partial charge is 0.317 e. The normalized spacial score (nSPS) is 25.6. The van der Waals surface area contributed by atoms with Crippen LogP contribution in [0.3, 0.4) is 0 Å². The maximum Gasteiger partial charge on any atom is 0.317 e. The predicted octanol–water partition coefficient (Wildman–Crippen LogP) is 2.14. The van der Waals surface area contributed by atoms with E-state index in [1.165, 1.54) is 32.1 Å². The predicted molar refractivity (Wildman–Crippen MR) is 82.2 cm³/mol. The number of aliphatic hydroxyl groups excluding tert-OH is 1. The van der Waals surface area contributed by atoms with Gasteiger partial charge in [-0.05, 0) is 25.7 Å². The van der Waals surface area contributed by atoms with Crippen LogP contribution in [0.5, 0.6) is 0 Å². The summed E-state index contributed by atoms with van der Waals surface area (Å²) in [6.45, 7) is 4.26. The summed E-state index contributed by atoms with van der Waals surface area (Å²) in [5.74, 6) is 0.789. The van der Waals surface area contributed by atoms with Crippen molar-refractivity contribution in [3.8, 4) is 0 Å². The number of rotatable bonds is 5. The van der Waals surface area contributed by atoms with Crippen LogP contribution in [0, 0.1) is 5.92 Å². The third kappa shape index (κ3) is 5.47. The number of carbonyl (C=O) groups is 1. The Kier molecular flexibility index (Phi) is 6.77. The minimum absolute atomic E-state index is 0.000223. The maximum atomic E-state index is 12.3. The largest absolute Gasteiger partial charge is 0.393 e. The summed E-state index contributed by atoms with van der Waals surface area (Å²) in [4.78, 5) is 14.1. The van der Waals surface area contributed by atoms with Crippen molar-refractivity contribution in [2.75, 3.05) is 26.3 Å². The van der Waals surface area contributed by atoms with Gasteiger partial charge in [0.25, 0.3) is 0 Å². The van der Waals surface area contributed by atoms with Crippen LogP contribution in [0.4, 0.5) is 4.79 Å². The molecule has 122 valence electrons. The molecular weight excluding hydrogens is 268 g/mol. The molecule has 1 aliphatic heterocycles. The first-order valence-corrected chi connectivity index (χ1v) is 8.47. The summed E-state index contributed by atoms with van der Waals surface area (Å²) in [5.41, 5.74) is 0. The van der Waals surface area contributed by atoms with Crippen LogP contribution in [0.1, 0.15) is 51.9 Å². The van der Waals surface area contributed by atoms with Crippen LogP contribution in [0.15, 0.2) is 0 Å². The second-order valence-electron chi connectivity index (χ2n) is 6.53. The van der Waals surface area contributed by atoms with E-state index < -0.39 is 6.10 Å². The first-order valence-electron chi connectivity index (χ1n) is 8.47. The minimum atomic E-state index is -0.408. The Morgan fingerprint density at radius 2 is 2.14 bits per heavy atom. The Morgan fingerprint density at radius 1 is 1.38 bits per heavy atom. The highest BCUT2D eigenvalue weighted by Crippen LogP contribution is 2.25. The van der Waals surface area contributed by atoms with Crippen LogP contribution in [0.2, 0.25) is 0 Å². The zero-order valence-corrected chi connectivity index (χ0v) is 13.2. The molecule has 2 aliphatic rings. The highest BCUT2D eigenvalue weighted by Gasteiger charge is 2.28. The third-order valence-electron chi connectivity index (χ3n) is 4.66. The van der Waals surface area contributed by atoms with Crippen LogP contribution in [0.25, 0.3) is 0 Å². The molecule has 0 aromatic rings. The SMILES string of the molecule is C[C@@H](O)C[C@H]1COCCN1C(=O)NCCC1CCCCC1. The highest BCUT2D eigenvalue weighted by atomic mass is 16.5. The lowest BCUT2D eigenvalue weighted by molar-refractivity contribution is -0.00434. The topological polar surface area (TPSA) is 61.8 Å². The molecule has 21 heavy (non-hydrogen) atoms. The summed E-state index contributed by atoms with van der Waals surface area (Å²) in [5, 5.41) is 12.6. The average molecular weight is 298 g/mol. The molecule has 5 nitrogen and oxygen atoms in total. The van der Waals surface area contributed by atoms with Crippen molar-refractivity contribution in [1.82, 2.24) is 10.2 Å². The van der Waals surface area contributed by atoms with Crippen LogP contribution in [-0.4, -0.2) is 54.5 Å². The van der Waals surface area contributed by atoms with Crippen LogP contribution in [-0.2, 0) is 4.74 Å². The molecule has 0 bridgehead atoms. The Bertz CT molecular complexity index is 317. The van der Waals surface area contributed by atoms with E-state index in [2.05, 4.69) is 5.32 Å². The quantitative estimate of drug-likeness (QED) is 0.817. The molecule has 2 atom stereocenters. The Morgan fingerprint density at radius 3 is 2.86 bits per heavy atom. The molecule has 2 N–H and O–H groups in total. The molecule has 2 amide bonds. The van der Waals surface area contributed by atoms with E-state index in [0.29, 0.717) is 26.2 Å². The molecule has 2 rings (SSSR count). The minimum Gasteiger partial charge on any atom is -0.393 e. The fourth-order valence-corrected chi connectivity index (χ4v) is 3.47. The van der Waals surface area contributed by atoms with Gasteiger partial charge < -0.3 is 20.1 Å². The lowest BCUT2D eigenvalue weighted by atomic mass is 9.87. The van der Waals surface area contributed by atoms with Crippen LogP contribution >= 0.6 is 0 Å². The zero-order valence-electron chi connectivity index (χ0n) is 13.2. The van der Waals surface area contributed by atoms with Crippen molar-refractivity contribution in [3.63, 3.8) is 0 Å². The molecular formula is C16H30N2O3. The standard InChI is InChI=1S/C16H30N2O3/c1-13(19)11-15-12-21-10-9-18(15)16(20)17-8-7-14-5-3-2-4-6-14/h13-15,19H,2-12H2,1H3,(H,17,20)/t13-,15+/m1/s1. The average Bonchev–Trinajstić information content (AvgIpc) is 2.48. The van der Waals surface area contributed by atoms with E-state index >= 15 is 0 Å². The van der Waals surface area contributed by atoms with E-state index in [-0.39, 0.29) is 12.1 Å². The number of nitrogens with zero attached hydrogens (tertiary/aromatic N) is 1. The van der Waals surface area contributed by atoms with Gasteiger partial charge in [-0.2, -0.15) is 0 Å². The van der Waals surface area contributed by atoms with Gasteiger partial charge in [0, 0.05) is 13.1 Å². The van der Waals surface area contributed by atoms with Gasteiger partial charge in [0.15, 0.2) is 0 Å². The van der Waals surface area contributed by atoms with Crippen molar-refractivity contribution in [2.45, 2.75) is 64.0 Å². The lowest BCUT2D eigenvalue weighted by Crippen LogP contribution is -2.53. The summed E-state index contributed by atoms with van der Waals surface area (Å²) < 4.78 is 5.43. The molecule has 0 unspecified atom stereocenters. The molecule has 1 saturated heterocycles.